The molecule has 0 aliphatic carbocycles. The first kappa shape index (κ1) is 13.4. The molecule has 5 heteroatoms. The van der Waals surface area contributed by atoms with Gasteiger partial charge in [0.1, 0.15) is 5.75 Å². The van der Waals surface area contributed by atoms with Crippen LogP contribution in [0.15, 0.2) is 30.3 Å². The van der Waals surface area contributed by atoms with E-state index in [4.69, 9.17) is 22.2 Å². The second-order valence-corrected chi connectivity index (χ2v) is 5.71. The molecule has 1 aromatic carbocycles. The molecule has 2 aromatic rings. The van der Waals surface area contributed by atoms with E-state index < -0.39 is 0 Å². The van der Waals surface area contributed by atoms with Gasteiger partial charge >= 0.3 is 0 Å². The highest BCUT2D eigenvalue weighted by Gasteiger charge is 2.16. The van der Waals surface area contributed by atoms with Crippen molar-refractivity contribution >= 4 is 22.9 Å². The molecule has 0 fully saturated rings. The van der Waals surface area contributed by atoms with Crippen molar-refractivity contribution in [2.24, 2.45) is 5.84 Å². The number of aryl methyl sites for hydroxylation is 1. The largest absolute Gasteiger partial charge is 0.497 e. The van der Waals surface area contributed by atoms with E-state index in [0.717, 1.165) is 26.1 Å². The Kier molecular flexibility index (Phi) is 4.24. The minimum Gasteiger partial charge on any atom is -0.497 e. The van der Waals surface area contributed by atoms with E-state index in [0.29, 0.717) is 0 Å². The summed E-state index contributed by atoms with van der Waals surface area (Å²) in [4.78, 5) is 1.09. The average molecular weight is 283 g/mol. The first-order valence-corrected chi connectivity index (χ1v) is 6.71. The lowest BCUT2D eigenvalue weighted by molar-refractivity contribution is 0.414. The zero-order valence-electron chi connectivity index (χ0n) is 10.2. The molecule has 1 unspecified atom stereocenters. The van der Waals surface area contributed by atoms with Crippen molar-refractivity contribution in [1.82, 2.24) is 5.43 Å². The second kappa shape index (κ2) is 5.71. The quantitative estimate of drug-likeness (QED) is 0.668. The minimum absolute atomic E-state index is 0.0478. The van der Waals surface area contributed by atoms with Crippen molar-refractivity contribution in [2.75, 3.05) is 7.11 Å². The normalized spacial score (nSPS) is 12.4. The van der Waals surface area contributed by atoms with Crippen LogP contribution in [0, 0.1) is 6.92 Å². The molecular formula is C13H15ClN2OS. The Bertz CT molecular complexity index is 542. The Labute approximate surface area is 116 Å². The Morgan fingerprint density at radius 1 is 1.33 bits per heavy atom. The number of nitrogens with two attached hydrogens (primary N) is 1. The first-order chi connectivity index (χ1) is 8.65. The second-order valence-electron chi connectivity index (χ2n) is 3.96. The molecule has 2 rings (SSSR count). The van der Waals surface area contributed by atoms with E-state index in [9.17, 15) is 0 Å². The molecule has 1 heterocycles. The van der Waals surface area contributed by atoms with Crippen LogP contribution >= 0.6 is 22.9 Å². The summed E-state index contributed by atoms with van der Waals surface area (Å²) in [6, 6.07) is 9.77. The van der Waals surface area contributed by atoms with Crippen molar-refractivity contribution < 1.29 is 4.74 Å². The summed E-state index contributed by atoms with van der Waals surface area (Å²) in [7, 11) is 1.66. The van der Waals surface area contributed by atoms with Crippen LogP contribution < -0.4 is 16.0 Å². The first-order valence-electron chi connectivity index (χ1n) is 5.51. The van der Waals surface area contributed by atoms with Gasteiger partial charge < -0.3 is 4.74 Å². The zero-order chi connectivity index (χ0) is 13.1. The van der Waals surface area contributed by atoms with Crippen LogP contribution in [-0.2, 0) is 0 Å². The minimum atomic E-state index is -0.0478. The van der Waals surface area contributed by atoms with Crippen molar-refractivity contribution in [1.29, 1.82) is 0 Å². The summed E-state index contributed by atoms with van der Waals surface area (Å²) in [5.41, 5.74) is 5.09. The lowest BCUT2D eigenvalue weighted by Crippen LogP contribution is -2.28. The van der Waals surface area contributed by atoms with E-state index in [1.54, 1.807) is 7.11 Å². The van der Waals surface area contributed by atoms with Crippen LogP contribution in [-0.4, -0.2) is 7.11 Å². The van der Waals surface area contributed by atoms with Crippen molar-refractivity contribution in [3.05, 3.63) is 50.7 Å². The number of halogens is 1. The molecule has 1 atom stereocenters. The summed E-state index contributed by atoms with van der Waals surface area (Å²) < 4.78 is 5.96. The van der Waals surface area contributed by atoms with Crippen molar-refractivity contribution in [3.63, 3.8) is 0 Å². The molecule has 18 heavy (non-hydrogen) atoms. The number of benzene rings is 1. The molecule has 0 bridgehead atoms. The van der Waals surface area contributed by atoms with Gasteiger partial charge in [0.15, 0.2) is 0 Å². The molecule has 1 aromatic heterocycles. The maximum Gasteiger partial charge on any atom is 0.119 e. The van der Waals surface area contributed by atoms with Crippen LogP contribution in [0.1, 0.15) is 22.0 Å². The number of hydrogen-bond acceptors (Lipinski definition) is 4. The third-order valence-electron chi connectivity index (χ3n) is 2.83. The summed E-state index contributed by atoms with van der Waals surface area (Å²) in [5.74, 6) is 6.51. The third kappa shape index (κ3) is 2.67. The zero-order valence-corrected chi connectivity index (χ0v) is 11.8. The van der Waals surface area contributed by atoms with E-state index in [2.05, 4.69) is 5.43 Å². The molecule has 0 saturated heterocycles. The lowest BCUT2D eigenvalue weighted by atomic mass is 10.0. The summed E-state index contributed by atoms with van der Waals surface area (Å²) in [6.45, 7) is 2.04. The molecular weight excluding hydrogens is 268 g/mol. The maximum atomic E-state index is 5.97. The molecule has 0 amide bonds. The fourth-order valence-corrected chi connectivity index (χ4v) is 3.05. The molecule has 0 radical (unpaired) electrons. The Balaban J connectivity index is 2.39. The summed E-state index contributed by atoms with van der Waals surface area (Å²) in [6.07, 6.45) is 0. The van der Waals surface area contributed by atoms with Gasteiger partial charge in [0.25, 0.3) is 0 Å². The van der Waals surface area contributed by atoms with Gasteiger partial charge in [-0.25, -0.2) is 5.43 Å². The van der Waals surface area contributed by atoms with E-state index in [1.807, 2.05) is 37.3 Å². The molecule has 0 saturated carbocycles. The van der Waals surface area contributed by atoms with Gasteiger partial charge in [-0.15, -0.1) is 11.3 Å². The highest BCUT2D eigenvalue weighted by atomic mass is 35.5. The monoisotopic (exact) mass is 282 g/mol. The van der Waals surface area contributed by atoms with Gasteiger partial charge in [0.2, 0.25) is 0 Å². The van der Waals surface area contributed by atoms with Gasteiger partial charge in [0.05, 0.1) is 17.5 Å². The summed E-state index contributed by atoms with van der Waals surface area (Å²) >= 11 is 7.49. The smallest absolute Gasteiger partial charge is 0.119 e. The van der Waals surface area contributed by atoms with Gasteiger partial charge in [-0.05, 0) is 42.3 Å². The van der Waals surface area contributed by atoms with Gasteiger partial charge in [-0.1, -0.05) is 17.7 Å². The number of rotatable bonds is 4. The summed E-state index contributed by atoms with van der Waals surface area (Å²) in [5, 5.41) is 0. The van der Waals surface area contributed by atoms with Crippen LogP contribution in [0.25, 0.3) is 0 Å². The SMILES string of the molecule is COc1ccc(C(NN)c2ccc(Cl)s2)c(C)c1. The lowest BCUT2D eigenvalue weighted by Gasteiger charge is -2.17. The van der Waals surface area contributed by atoms with Crippen LogP contribution in [0.3, 0.4) is 0 Å². The topological polar surface area (TPSA) is 47.3 Å². The molecule has 96 valence electrons. The molecule has 3 nitrogen and oxygen atoms in total. The molecule has 0 aliphatic rings. The fraction of sp³-hybridized carbons (Fsp3) is 0.231. The van der Waals surface area contributed by atoms with Gasteiger partial charge in [-0.3, -0.25) is 5.84 Å². The molecule has 0 spiro atoms. The number of methoxy groups -OCH3 is 1. The van der Waals surface area contributed by atoms with Crippen LogP contribution in [0.2, 0.25) is 4.34 Å². The Hall–Kier alpha value is -1.07. The highest BCUT2D eigenvalue weighted by Crippen LogP contribution is 2.32. The van der Waals surface area contributed by atoms with E-state index >= 15 is 0 Å². The number of thiophene rings is 1. The van der Waals surface area contributed by atoms with Crippen LogP contribution in [0.4, 0.5) is 0 Å². The number of hydrogen-bond donors (Lipinski definition) is 2. The number of nitrogens with one attached hydrogen (secondary N) is 1. The van der Waals surface area contributed by atoms with E-state index in [-0.39, 0.29) is 6.04 Å². The number of ether oxygens (including phenoxy) is 1. The van der Waals surface area contributed by atoms with Gasteiger partial charge in [0, 0.05) is 4.88 Å². The Morgan fingerprint density at radius 3 is 2.61 bits per heavy atom. The van der Waals surface area contributed by atoms with Gasteiger partial charge in [-0.2, -0.15) is 0 Å². The fourth-order valence-electron chi connectivity index (χ4n) is 1.91. The van der Waals surface area contributed by atoms with Crippen molar-refractivity contribution in [2.45, 2.75) is 13.0 Å². The highest BCUT2D eigenvalue weighted by molar-refractivity contribution is 7.16. The third-order valence-corrected chi connectivity index (χ3v) is 4.13. The predicted molar refractivity (Wildman–Crippen MR) is 76.2 cm³/mol. The number of hydrazine groups is 1. The molecule has 3 N–H and O–H groups in total. The van der Waals surface area contributed by atoms with E-state index in [1.165, 1.54) is 11.3 Å². The van der Waals surface area contributed by atoms with Crippen LogP contribution in [0.5, 0.6) is 5.75 Å². The van der Waals surface area contributed by atoms with Crippen molar-refractivity contribution in [3.8, 4) is 5.75 Å². The Morgan fingerprint density at radius 2 is 2.11 bits per heavy atom. The predicted octanol–water partition coefficient (Wildman–Crippen LogP) is 3.27. The standard InChI is InChI=1S/C13H15ClN2OS/c1-8-7-9(17-2)3-4-10(8)13(16-15)11-5-6-12(14)18-11/h3-7,13,16H,15H2,1-2H3. The molecule has 0 aliphatic heterocycles. The average Bonchev–Trinajstić information content (AvgIpc) is 2.78. The maximum absolute atomic E-state index is 5.97.